The van der Waals surface area contributed by atoms with E-state index in [-0.39, 0.29) is 0 Å². The molecular weight excluding hydrogens is 270 g/mol. The van der Waals surface area contributed by atoms with E-state index < -0.39 is 0 Å². The third kappa shape index (κ3) is 4.86. The van der Waals surface area contributed by atoms with Gasteiger partial charge >= 0.3 is 0 Å². The van der Waals surface area contributed by atoms with Crippen LogP contribution in [0.5, 0.6) is 0 Å². The lowest BCUT2D eigenvalue weighted by Gasteiger charge is -2.33. The zero-order valence-electron chi connectivity index (χ0n) is 12.8. The normalized spacial score (nSPS) is 25.2. The summed E-state index contributed by atoms with van der Waals surface area (Å²) < 4.78 is 5.37. The summed E-state index contributed by atoms with van der Waals surface area (Å²) in [5, 5.41) is 4.43. The van der Waals surface area contributed by atoms with E-state index in [0.29, 0.717) is 6.04 Å². The second kappa shape index (κ2) is 8.80. The molecule has 2 rings (SSSR count). The van der Waals surface area contributed by atoms with Gasteiger partial charge in [-0.25, -0.2) is 0 Å². The van der Waals surface area contributed by atoms with Crippen molar-refractivity contribution in [2.75, 3.05) is 45.9 Å². The van der Waals surface area contributed by atoms with Gasteiger partial charge in [0.2, 0.25) is 0 Å². The van der Waals surface area contributed by atoms with E-state index in [2.05, 4.69) is 22.0 Å². The maximum absolute atomic E-state index is 5.62. The van der Waals surface area contributed by atoms with E-state index in [9.17, 15) is 0 Å². The summed E-state index contributed by atoms with van der Waals surface area (Å²) >= 11 is 5.62. The Morgan fingerprint density at radius 1 is 1.20 bits per heavy atom. The molecule has 1 unspecified atom stereocenters. The maximum Gasteiger partial charge on any atom is 0.169 e. The Hall–Kier alpha value is -0.390. The van der Waals surface area contributed by atoms with Gasteiger partial charge in [-0.1, -0.05) is 19.8 Å². The molecule has 2 heterocycles. The van der Waals surface area contributed by atoms with Crippen molar-refractivity contribution in [3.8, 4) is 0 Å². The average Bonchev–Trinajstić information content (AvgIpc) is 2.73. The Morgan fingerprint density at radius 2 is 2.00 bits per heavy atom. The second-order valence-corrected chi connectivity index (χ2v) is 6.18. The van der Waals surface area contributed by atoms with Gasteiger partial charge in [0.05, 0.1) is 13.2 Å². The molecule has 1 atom stereocenters. The Kier molecular flexibility index (Phi) is 7.03. The van der Waals surface area contributed by atoms with Crippen LogP contribution in [0.3, 0.4) is 0 Å². The molecular formula is C15H29N3OS. The molecule has 1 N–H and O–H groups in total. The molecule has 0 radical (unpaired) electrons. The van der Waals surface area contributed by atoms with Crippen molar-refractivity contribution in [3.05, 3.63) is 0 Å². The van der Waals surface area contributed by atoms with Gasteiger partial charge in [-0.3, -0.25) is 4.90 Å². The van der Waals surface area contributed by atoms with Gasteiger partial charge in [-0.15, -0.1) is 0 Å². The minimum atomic E-state index is 0.640. The average molecular weight is 299 g/mol. The van der Waals surface area contributed by atoms with Gasteiger partial charge in [-0.05, 0) is 31.5 Å². The summed E-state index contributed by atoms with van der Waals surface area (Å²) in [6.07, 6.45) is 6.48. The molecule has 0 aromatic carbocycles. The Bertz CT molecular complexity index is 295. The lowest BCUT2D eigenvalue weighted by atomic mass is 10.1. The van der Waals surface area contributed by atoms with Crippen molar-refractivity contribution in [1.29, 1.82) is 0 Å². The summed E-state index contributed by atoms with van der Waals surface area (Å²) in [7, 11) is 0. The molecule has 2 saturated heterocycles. The van der Waals surface area contributed by atoms with E-state index in [0.717, 1.165) is 51.0 Å². The van der Waals surface area contributed by atoms with Crippen molar-refractivity contribution in [3.63, 3.8) is 0 Å². The topological polar surface area (TPSA) is 27.7 Å². The first-order valence-electron chi connectivity index (χ1n) is 8.16. The fourth-order valence-electron chi connectivity index (χ4n) is 3.12. The number of hydrogen-bond acceptors (Lipinski definition) is 3. The number of nitrogens with one attached hydrogen (secondary N) is 1. The first kappa shape index (κ1) is 16.0. The molecule has 0 aromatic rings. The van der Waals surface area contributed by atoms with Crippen molar-refractivity contribution < 1.29 is 4.74 Å². The summed E-state index contributed by atoms with van der Waals surface area (Å²) in [6, 6.07) is 0.640. The third-order valence-electron chi connectivity index (χ3n) is 4.42. The smallest absolute Gasteiger partial charge is 0.169 e. The number of ether oxygens (including phenoxy) is 1. The van der Waals surface area contributed by atoms with Crippen LogP contribution < -0.4 is 5.32 Å². The molecule has 116 valence electrons. The molecule has 0 aliphatic carbocycles. The summed E-state index contributed by atoms with van der Waals surface area (Å²) in [5.41, 5.74) is 0. The van der Waals surface area contributed by atoms with Crippen LogP contribution in [0.15, 0.2) is 0 Å². The minimum absolute atomic E-state index is 0.640. The molecule has 5 heteroatoms. The quantitative estimate of drug-likeness (QED) is 0.800. The molecule has 0 bridgehead atoms. The highest BCUT2D eigenvalue weighted by molar-refractivity contribution is 7.80. The lowest BCUT2D eigenvalue weighted by Crippen LogP contribution is -2.48. The monoisotopic (exact) mass is 299 g/mol. The third-order valence-corrected chi connectivity index (χ3v) is 4.80. The molecule has 20 heavy (non-hydrogen) atoms. The molecule has 2 fully saturated rings. The van der Waals surface area contributed by atoms with E-state index in [1.165, 1.54) is 32.1 Å². The van der Waals surface area contributed by atoms with Gasteiger partial charge in [0.25, 0.3) is 0 Å². The van der Waals surface area contributed by atoms with Crippen LogP contribution in [-0.4, -0.2) is 66.9 Å². The first-order valence-corrected chi connectivity index (χ1v) is 8.56. The van der Waals surface area contributed by atoms with Crippen molar-refractivity contribution >= 4 is 17.3 Å². The number of nitrogens with zero attached hydrogens (tertiary/aromatic N) is 2. The van der Waals surface area contributed by atoms with Crippen LogP contribution in [0.25, 0.3) is 0 Å². The van der Waals surface area contributed by atoms with E-state index in [1.54, 1.807) is 0 Å². The van der Waals surface area contributed by atoms with Gasteiger partial charge in [-0.2, -0.15) is 0 Å². The summed E-state index contributed by atoms with van der Waals surface area (Å²) in [5.74, 6) is 0. The number of morpholine rings is 1. The van der Waals surface area contributed by atoms with Gasteiger partial charge in [0.1, 0.15) is 0 Å². The van der Waals surface area contributed by atoms with Crippen LogP contribution >= 0.6 is 12.2 Å². The second-order valence-electron chi connectivity index (χ2n) is 5.79. The zero-order chi connectivity index (χ0) is 14.2. The van der Waals surface area contributed by atoms with Crippen LogP contribution in [0.1, 0.15) is 39.0 Å². The largest absolute Gasteiger partial charge is 0.379 e. The molecule has 0 spiro atoms. The molecule has 2 aliphatic rings. The fourth-order valence-corrected chi connectivity index (χ4v) is 3.46. The highest BCUT2D eigenvalue weighted by atomic mass is 32.1. The highest BCUT2D eigenvalue weighted by Gasteiger charge is 2.21. The molecule has 0 aromatic heterocycles. The molecule has 4 nitrogen and oxygen atoms in total. The highest BCUT2D eigenvalue weighted by Crippen LogP contribution is 2.19. The number of hydrogen-bond donors (Lipinski definition) is 1. The lowest BCUT2D eigenvalue weighted by molar-refractivity contribution is 0.0388. The summed E-state index contributed by atoms with van der Waals surface area (Å²) in [4.78, 5) is 4.88. The Balaban J connectivity index is 1.71. The van der Waals surface area contributed by atoms with Gasteiger partial charge < -0.3 is 15.0 Å². The van der Waals surface area contributed by atoms with E-state index >= 15 is 0 Å². The van der Waals surface area contributed by atoms with Gasteiger partial charge in [0.15, 0.2) is 5.11 Å². The molecule has 0 saturated carbocycles. The fraction of sp³-hybridized carbons (Fsp3) is 0.933. The minimum Gasteiger partial charge on any atom is -0.379 e. The number of rotatable bonds is 4. The zero-order valence-corrected chi connectivity index (χ0v) is 13.6. The van der Waals surface area contributed by atoms with Crippen LogP contribution in [0.4, 0.5) is 0 Å². The Labute approximate surface area is 128 Å². The maximum atomic E-state index is 5.62. The standard InChI is InChI=1S/C15H29N3OS/c1-2-14-6-4-3-5-8-18(14)15(20)16-7-9-17-10-12-19-13-11-17/h14H,2-13H2,1H3,(H,16,20). The van der Waals surface area contributed by atoms with E-state index in [1.807, 2.05) is 0 Å². The molecule has 2 aliphatic heterocycles. The SMILES string of the molecule is CCC1CCCCCN1C(=S)NCCN1CCOCC1. The van der Waals surface area contributed by atoms with Gasteiger partial charge in [0, 0.05) is 38.8 Å². The van der Waals surface area contributed by atoms with E-state index in [4.69, 9.17) is 17.0 Å². The predicted molar refractivity (Wildman–Crippen MR) is 87.1 cm³/mol. The van der Waals surface area contributed by atoms with Crippen LogP contribution in [0, 0.1) is 0 Å². The van der Waals surface area contributed by atoms with Crippen LogP contribution in [0.2, 0.25) is 0 Å². The van der Waals surface area contributed by atoms with Crippen molar-refractivity contribution in [2.24, 2.45) is 0 Å². The predicted octanol–water partition coefficient (Wildman–Crippen LogP) is 1.85. The van der Waals surface area contributed by atoms with Crippen LogP contribution in [-0.2, 0) is 4.74 Å². The number of thiocarbonyl (C=S) groups is 1. The van der Waals surface area contributed by atoms with Crippen molar-refractivity contribution in [1.82, 2.24) is 15.1 Å². The Morgan fingerprint density at radius 3 is 2.75 bits per heavy atom. The number of likely N-dealkylation sites (tertiary alicyclic amines) is 1. The van der Waals surface area contributed by atoms with Crippen molar-refractivity contribution in [2.45, 2.75) is 45.1 Å². The molecule has 0 amide bonds. The summed E-state index contributed by atoms with van der Waals surface area (Å²) in [6.45, 7) is 9.26. The first-order chi connectivity index (χ1) is 9.81.